The number of aliphatic hydroxyl groups excluding tert-OH is 1. The Hall–Kier alpha value is -2.08. The fourth-order valence-electron chi connectivity index (χ4n) is 3.86. The van der Waals surface area contributed by atoms with Crippen LogP contribution >= 0.6 is 0 Å². The predicted octanol–water partition coefficient (Wildman–Crippen LogP) is 3.97. The van der Waals surface area contributed by atoms with Gasteiger partial charge in [-0.25, -0.2) is 9.78 Å². The lowest BCUT2D eigenvalue weighted by Gasteiger charge is -2.42. The van der Waals surface area contributed by atoms with E-state index in [1.165, 1.54) is 0 Å². The fourth-order valence-corrected chi connectivity index (χ4v) is 3.86. The molecule has 4 rings (SSSR count). The number of hydrogen-bond donors (Lipinski definition) is 2. The van der Waals surface area contributed by atoms with E-state index in [0.717, 1.165) is 36.3 Å². The smallest absolute Gasteiger partial charge is 0.321 e. The maximum Gasteiger partial charge on any atom is 0.321 e. The number of anilines is 1. The molecule has 0 bridgehead atoms. The van der Waals surface area contributed by atoms with E-state index in [-0.39, 0.29) is 17.4 Å². The van der Waals surface area contributed by atoms with Crippen molar-refractivity contribution in [1.29, 1.82) is 0 Å². The molecule has 2 aliphatic rings. The van der Waals surface area contributed by atoms with Gasteiger partial charge in [-0.1, -0.05) is 20.8 Å². The number of aromatic nitrogens is 1. The average Bonchev–Trinajstić information content (AvgIpc) is 3.33. The quantitative estimate of drug-likeness (QED) is 0.852. The lowest BCUT2D eigenvalue weighted by molar-refractivity contribution is -0.0107. The number of rotatable bonds is 2. The van der Waals surface area contributed by atoms with Gasteiger partial charge in [-0.3, -0.25) is 0 Å². The molecule has 140 valence electrons. The first kappa shape index (κ1) is 17.3. The van der Waals surface area contributed by atoms with Crippen molar-refractivity contribution >= 4 is 22.8 Å². The van der Waals surface area contributed by atoms with Crippen molar-refractivity contribution in [2.45, 2.75) is 52.1 Å². The molecule has 2 atom stereocenters. The van der Waals surface area contributed by atoms with Crippen molar-refractivity contribution in [3.05, 3.63) is 24.1 Å². The second-order valence-corrected chi connectivity index (χ2v) is 8.71. The fraction of sp³-hybridized carbons (Fsp3) is 0.600. The molecule has 1 aromatic heterocycles. The molecule has 2 aromatic rings. The zero-order valence-electron chi connectivity index (χ0n) is 15.7. The first-order valence-electron chi connectivity index (χ1n) is 9.46. The van der Waals surface area contributed by atoms with Crippen LogP contribution in [0.2, 0.25) is 0 Å². The van der Waals surface area contributed by atoms with Gasteiger partial charge in [0.15, 0.2) is 11.5 Å². The van der Waals surface area contributed by atoms with Gasteiger partial charge in [0.2, 0.25) is 0 Å². The summed E-state index contributed by atoms with van der Waals surface area (Å²) in [5, 5.41) is 13.4. The molecule has 0 unspecified atom stereocenters. The van der Waals surface area contributed by atoms with Gasteiger partial charge in [-0.15, -0.1) is 0 Å². The van der Waals surface area contributed by atoms with Gasteiger partial charge in [-0.05, 0) is 48.8 Å². The summed E-state index contributed by atoms with van der Waals surface area (Å²) in [5.41, 5.74) is 2.27. The van der Waals surface area contributed by atoms with Crippen LogP contribution in [0.15, 0.2) is 22.6 Å². The van der Waals surface area contributed by atoms with Gasteiger partial charge >= 0.3 is 6.03 Å². The van der Waals surface area contributed by atoms with E-state index in [1.807, 2.05) is 18.2 Å². The molecule has 6 heteroatoms. The number of hydrogen-bond acceptors (Lipinski definition) is 4. The highest BCUT2D eigenvalue weighted by Crippen LogP contribution is 2.40. The number of benzene rings is 1. The Kier molecular flexibility index (Phi) is 4.18. The Bertz CT molecular complexity index is 819. The maximum atomic E-state index is 12.6. The molecule has 1 aliphatic heterocycles. The van der Waals surface area contributed by atoms with Crippen LogP contribution in [-0.4, -0.2) is 40.2 Å². The van der Waals surface area contributed by atoms with E-state index < -0.39 is 6.10 Å². The number of oxazole rings is 1. The zero-order valence-corrected chi connectivity index (χ0v) is 15.7. The van der Waals surface area contributed by atoms with E-state index in [0.29, 0.717) is 24.7 Å². The molecule has 2 amide bonds. The van der Waals surface area contributed by atoms with Crippen molar-refractivity contribution in [2.24, 2.45) is 11.3 Å². The topological polar surface area (TPSA) is 78.6 Å². The Labute approximate surface area is 153 Å². The molecule has 1 aromatic carbocycles. The molecule has 1 saturated carbocycles. The van der Waals surface area contributed by atoms with Gasteiger partial charge in [0.05, 0.1) is 6.10 Å². The van der Waals surface area contributed by atoms with Crippen LogP contribution in [0.4, 0.5) is 10.5 Å². The molecular formula is C20H27N3O3. The molecule has 26 heavy (non-hydrogen) atoms. The molecule has 0 spiro atoms. The summed E-state index contributed by atoms with van der Waals surface area (Å²) in [6.07, 6.45) is 2.60. The maximum absolute atomic E-state index is 12.6. The van der Waals surface area contributed by atoms with Crippen LogP contribution in [0, 0.1) is 11.3 Å². The Morgan fingerprint density at radius 1 is 1.31 bits per heavy atom. The van der Waals surface area contributed by atoms with Crippen LogP contribution in [0.5, 0.6) is 0 Å². The number of fused-ring (bicyclic) bond motifs is 1. The molecule has 1 saturated heterocycles. The number of likely N-dealkylation sites (tertiary alicyclic amines) is 1. The predicted molar refractivity (Wildman–Crippen MR) is 100 cm³/mol. The number of urea groups is 1. The third kappa shape index (κ3) is 3.43. The summed E-state index contributed by atoms with van der Waals surface area (Å²) < 4.78 is 5.76. The summed E-state index contributed by atoms with van der Waals surface area (Å²) in [6, 6.07) is 5.35. The van der Waals surface area contributed by atoms with Crippen molar-refractivity contribution in [1.82, 2.24) is 9.88 Å². The standard InChI is InChI=1S/C20H27N3O3/c1-20(2,3)14-8-9-23(11-16(14)24)19(25)21-13-6-7-17-15(10-13)22-18(26-17)12-4-5-12/h6-7,10,12,14,16,24H,4-5,8-9,11H2,1-3H3,(H,21,25)/t14-,16+/m1/s1. The molecular weight excluding hydrogens is 330 g/mol. The summed E-state index contributed by atoms with van der Waals surface area (Å²) in [7, 11) is 0. The number of carbonyl (C=O) groups excluding carboxylic acids is 1. The highest BCUT2D eigenvalue weighted by Gasteiger charge is 2.37. The van der Waals surface area contributed by atoms with E-state index in [2.05, 4.69) is 31.1 Å². The SMILES string of the molecule is CC(C)(C)[C@@H]1CCN(C(=O)Nc2ccc3oc(C4CC4)nc3c2)C[C@@H]1O. The molecule has 1 aliphatic carbocycles. The largest absolute Gasteiger partial charge is 0.440 e. The number of aliphatic hydroxyl groups is 1. The Balaban J connectivity index is 1.42. The van der Waals surface area contributed by atoms with Gasteiger partial charge in [0.1, 0.15) is 5.52 Å². The number of nitrogens with zero attached hydrogens (tertiary/aromatic N) is 2. The number of β-amino-alcohol motifs (C(OH)–C–C–N with tert-alkyl or cyclic N) is 1. The molecule has 0 radical (unpaired) electrons. The minimum atomic E-state index is -0.492. The minimum absolute atomic E-state index is 0.0409. The summed E-state index contributed by atoms with van der Waals surface area (Å²) in [6.45, 7) is 7.44. The average molecular weight is 357 g/mol. The van der Waals surface area contributed by atoms with Gasteiger partial charge < -0.3 is 19.7 Å². The van der Waals surface area contributed by atoms with Crippen LogP contribution in [-0.2, 0) is 0 Å². The Morgan fingerprint density at radius 2 is 2.08 bits per heavy atom. The number of carbonyl (C=O) groups is 1. The number of amides is 2. The highest BCUT2D eigenvalue weighted by molar-refractivity contribution is 5.91. The summed E-state index contributed by atoms with van der Waals surface area (Å²) in [4.78, 5) is 18.8. The van der Waals surface area contributed by atoms with Crippen molar-refractivity contribution in [3.63, 3.8) is 0 Å². The molecule has 2 fully saturated rings. The third-order valence-electron chi connectivity index (χ3n) is 5.56. The highest BCUT2D eigenvalue weighted by atomic mass is 16.3. The monoisotopic (exact) mass is 357 g/mol. The number of nitrogens with one attached hydrogen (secondary N) is 1. The lowest BCUT2D eigenvalue weighted by atomic mass is 9.74. The second kappa shape index (κ2) is 6.27. The van der Waals surface area contributed by atoms with Crippen LogP contribution in [0.1, 0.15) is 51.8 Å². The zero-order chi connectivity index (χ0) is 18.5. The van der Waals surface area contributed by atoms with Gasteiger partial charge in [0.25, 0.3) is 0 Å². The van der Waals surface area contributed by atoms with Gasteiger partial charge in [-0.2, -0.15) is 0 Å². The van der Waals surface area contributed by atoms with E-state index in [9.17, 15) is 9.90 Å². The van der Waals surface area contributed by atoms with Crippen LogP contribution in [0.25, 0.3) is 11.1 Å². The van der Waals surface area contributed by atoms with E-state index >= 15 is 0 Å². The van der Waals surface area contributed by atoms with Crippen molar-refractivity contribution in [2.75, 3.05) is 18.4 Å². The minimum Gasteiger partial charge on any atom is -0.440 e. The summed E-state index contributed by atoms with van der Waals surface area (Å²) >= 11 is 0. The first-order chi connectivity index (χ1) is 12.3. The third-order valence-corrected chi connectivity index (χ3v) is 5.56. The number of piperidine rings is 1. The van der Waals surface area contributed by atoms with Gasteiger partial charge in [0, 0.05) is 24.7 Å². The van der Waals surface area contributed by atoms with Crippen LogP contribution in [0.3, 0.4) is 0 Å². The van der Waals surface area contributed by atoms with Crippen LogP contribution < -0.4 is 5.32 Å². The Morgan fingerprint density at radius 3 is 2.73 bits per heavy atom. The second-order valence-electron chi connectivity index (χ2n) is 8.71. The molecule has 2 N–H and O–H groups in total. The normalized spacial score (nSPS) is 24.1. The molecule has 6 nitrogen and oxygen atoms in total. The van der Waals surface area contributed by atoms with Crippen molar-refractivity contribution in [3.8, 4) is 0 Å². The van der Waals surface area contributed by atoms with E-state index in [1.54, 1.807) is 4.90 Å². The first-order valence-corrected chi connectivity index (χ1v) is 9.46. The van der Waals surface area contributed by atoms with E-state index in [4.69, 9.17) is 4.42 Å². The lowest BCUT2D eigenvalue weighted by Crippen LogP contribution is -2.51. The van der Waals surface area contributed by atoms with Crippen molar-refractivity contribution < 1.29 is 14.3 Å². The summed E-state index contributed by atoms with van der Waals surface area (Å²) in [5.74, 6) is 1.47. The molecule has 2 heterocycles.